The van der Waals surface area contributed by atoms with Gasteiger partial charge in [0.25, 0.3) is 0 Å². The molecular weight excluding hydrogens is 403 g/mol. The second-order valence-corrected chi connectivity index (χ2v) is 6.94. The van der Waals surface area contributed by atoms with E-state index in [1.165, 1.54) is 12.1 Å². The molecule has 1 aromatic heterocycles. The van der Waals surface area contributed by atoms with Gasteiger partial charge < -0.3 is 19.9 Å². The lowest BCUT2D eigenvalue weighted by Crippen LogP contribution is -2.23. The highest BCUT2D eigenvalue weighted by molar-refractivity contribution is 6.34. The first-order valence-corrected chi connectivity index (χ1v) is 9.01. The van der Waals surface area contributed by atoms with Crippen LogP contribution < -0.4 is 5.32 Å². The van der Waals surface area contributed by atoms with Crippen molar-refractivity contribution in [2.45, 2.75) is 26.0 Å². The van der Waals surface area contributed by atoms with E-state index in [-0.39, 0.29) is 22.6 Å². The van der Waals surface area contributed by atoms with Gasteiger partial charge in [0.2, 0.25) is 17.5 Å². The second kappa shape index (κ2) is 8.07. The van der Waals surface area contributed by atoms with Crippen molar-refractivity contribution in [2.75, 3.05) is 5.32 Å². The molecule has 0 amide bonds. The molecule has 3 aromatic rings. The highest BCUT2D eigenvalue weighted by atomic mass is 35.5. The van der Waals surface area contributed by atoms with E-state index in [1.54, 1.807) is 32.0 Å². The van der Waals surface area contributed by atoms with Gasteiger partial charge in [0.15, 0.2) is 0 Å². The van der Waals surface area contributed by atoms with Crippen LogP contribution in [0.5, 0.6) is 5.75 Å². The van der Waals surface area contributed by atoms with Gasteiger partial charge >= 0.3 is 0 Å². The van der Waals surface area contributed by atoms with Crippen molar-refractivity contribution in [3.8, 4) is 17.2 Å². The van der Waals surface area contributed by atoms with Crippen molar-refractivity contribution >= 4 is 34.6 Å². The minimum absolute atomic E-state index is 0.0520. The summed E-state index contributed by atoms with van der Waals surface area (Å²) in [6.07, 6.45) is -0.865. The Morgan fingerprint density at radius 2 is 1.96 bits per heavy atom. The summed E-state index contributed by atoms with van der Waals surface area (Å²) in [6, 6.07) is 7.13. The molecule has 3 rings (SSSR count). The Balaban J connectivity index is 1.92. The molecule has 0 aliphatic heterocycles. The van der Waals surface area contributed by atoms with Crippen molar-refractivity contribution in [3.63, 3.8) is 0 Å². The van der Waals surface area contributed by atoms with Crippen LogP contribution in [0, 0.1) is 13.5 Å². The topological polar surface area (TPSA) is 95.8 Å². The molecule has 2 atom stereocenters. The maximum absolute atomic E-state index is 10.2. The van der Waals surface area contributed by atoms with E-state index >= 15 is 0 Å². The molecule has 9 heteroatoms. The summed E-state index contributed by atoms with van der Waals surface area (Å²) >= 11 is 12.1. The number of aromatic nitrogens is 2. The molecule has 0 saturated carbocycles. The number of benzene rings is 2. The summed E-state index contributed by atoms with van der Waals surface area (Å²) in [5, 5.41) is 31.4. The molecule has 0 bridgehead atoms. The summed E-state index contributed by atoms with van der Waals surface area (Å²) in [4.78, 5) is 3.37. The molecule has 2 aromatic carbocycles. The molecule has 0 radical (unpaired) electrons. The first-order valence-electron chi connectivity index (χ1n) is 8.25. The molecule has 144 valence electrons. The van der Waals surface area contributed by atoms with Crippen LogP contribution in [0.4, 0.5) is 11.4 Å². The van der Waals surface area contributed by atoms with Crippen LogP contribution in [0.15, 0.2) is 34.7 Å². The standard InChI is InChI=1S/C19H16Cl2N4O3/c1-9-13(5-6-14(22-3)16(9)21)23-17(10(2)26)19-25-24-18(28-19)11-4-7-15(27)12(20)8-11/h4-8,10,17,23,26-27H,1-2H3/t10-,17+/m0/s1. The van der Waals surface area contributed by atoms with E-state index in [0.717, 1.165) is 0 Å². The number of hydrogen-bond acceptors (Lipinski definition) is 6. The first kappa shape index (κ1) is 20.0. The van der Waals surface area contributed by atoms with Gasteiger partial charge in [-0.25, -0.2) is 4.85 Å². The number of nitrogens with one attached hydrogen (secondary N) is 1. The third-order valence-electron chi connectivity index (χ3n) is 4.18. The lowest BCUT2D eigenvalue weighted by Gasteiger charge is -2.21. The minimum atomic E-state index is -0.865. The maximum Gasteiger partial charge on any atom is 0.247 e. The van der Waals surface area contributed by atoms with Gasteiger partial charge in [0.05, 0.1) is 22.7 Å². The molecule has 0 unspecified atom stereocenters. The van der Waals surface area contributed by atoms with Crippen LogP contribution in [-0.4, -0.2) is 26.5 Å². The summed E-state index contributed by atoms with van der Waals surface area (Å²) in [5.41, 5.74) is 2.19. The van der Waals surface area contributed by atoms with Crippen molar-refractivity contribution in [2.24, 2.45) is 0 Å². The van der Waals surface area contributed by atoms with Gasteiger partial charge in [-0.1, -0.05) is 29.3 Å². The Morgan fingerprint density at radius 3 is 2.61 bits per heavy atom. The highest BCUT2D eigenvalue weighted by Crippen LogP contribution is 2.35. The van der Waals surface area contributed by atoms with Crippen molar-refractivity contribution < 1.29 is 14.6 Å². The normalized spacial score (nSPS) is 13.0. The van der Waals surface area contributed by atoms with Crippen LogP contribution in [0.2, 0.25) is 10.0 Å². The van der Waals surface area contributed by atoms with Crippen LogP contribution in [0.3, 0.4) is 0 Å². The quantitative estimate of drug-likeness (QED) is 0.496. The number of aliphatic hydroxyl groups excluding tert-OH is 1. The molecule has 1 heterocycles. The van der Waals surface area contributed by atoms with Gasteiger partial charge in [0.1, 0.15) is 11.8 Å². The number of aliphatic hydroxyl groups is 1. The largest absolute Gasteiger partial charge is 0.506 e. The molecule has 0 aliphatic rings. The molecule has 0 aliphatic carbocycles. The summed E-state index contributed by atoms with van der Waals surface area (Å²) in [5.74, 6) is 0.310. The van der Waals surface area contributed by atoms with Crippen LogP contribution in [-0.2, 0) is 0 Å². The number of halogens is 2. The summed E-state index contributed by atoms with van der Waals surface area (Å²) < 4.78 is 5.71. The number of aromatic hydroxyl groups is 1. The number of anilines is 1. The number of phenols is 1. The smallest absolute Gasteiger partial charge is 0.247 e. The third kappa shape index (κ3) is 3.90. The fourth-order valence-corrected chi connectivity index (χ4v) is 2.97. The van der Waals surface area contributed by atoms with E-state index in [0.29, 0.717) is 27.5 Å². The number of nitrogens with zero attached hydrogens (tertiary/aromatic N) is 3. The van der Waals surface area contributed by atoms with E-state index in [9.17, 15) is 10.2 Å². The highest BCUT2D eigenvalue weighted by Gasteiger charge is 2.25. The van der Waals surface area contributed by atoms with Crippen LogP contribution >= 0.6 is 23.2 Å². The van der Waals surface area contributed by atoms with E-state index < -0.39 is 12.1 Å². The number of hydrogen-bond donors (Lipinski definition) is 3. The fourth-order valence-electron chi connectivity index (χ4n) is 2.59. The van der Waals surface area contributed by atoms with Crippen LogP contribution in [0.1, 0.15) is 24.4 Å². The van der Waals surface area contributed by atoms with Gasteiger partial charge in [-0.05, 0) is 43.7 Å². The van der Waals surface area contributed by atoms with Crippen molar-refractivity contribution in [1.29, 1.82) is 0 Å². The summed E-state index contributed by atoms with van der Waals surface area (Å²) in [6.45, 7) is 10.5. The SMILES string of the molecule is [C-]#[N+]c1ccc(N[C@@H](c2nnc(-c3ccc(O)c(Cl)c3)o2)[C@H](C)O)c(C)c1Cl. The van der Waals surface area contributed by atoms with E-state index in [2.05, 4.69) is 20.4 Å². The first-order chi connectivity index (χ1) is 13.3. The minimum Gasteiger partial charge on any atom is -0.506 e. The Labute approximate surface area is 171 Å². The fraction of sp³-hybridized carbons (Fsp3) is 0.211. The van der Waals surface area contributed by atoms with Crippen LogP contribution in [0.25, 0.3) is 16.3 Å². The van der Waals surface area contributed by atoms with Crippen molar-refractivity contribution in [3.05, 3.63) is 63.2 Å². The van der Waals surface area contributed by atoms with Crippen molar-refractivity contribution in [1.82, 2.24) is 10.2 Å². The average Bonchev–Trinajstić information content (AvgIpc) is 3.14. The lowest BCUT2D eigenvalue weighted by molar-refractivity contribution is 0.159. The third-order valence-corrected chi connectivity index (χ3v) is 4.96. The zero-order valence-electron chi connectivity index (χ0n) is 14.9. The second-order valence-electron chi connectivity index (χ2n) is 6.16. The van der Waals surface area contributed by atoms with Gasteiger partial charge in [-0.3, -0.25) is 0 Å². The molecule has 0 spiro atoms. The molecule has 0 fully saturated rings. The van der Waals surface area contributed by atoms with Gasteiger partial charge in [-0.15, -0.1) is 10.2 Å². The zero-order valence-corrected chi connectivity index (χ0v) is 16.5. The zero-order chi connectivity index (χ0) is 20.4. The Kier molecular flexibility index (Phi) is 5.75. The molecular formula is C19H16Cl2N4O3. The Hall–Kier alpha value is -2.79. The van der Waals surface area contributed by atoms with Gasteiger partial charge in [-0.2, -0.15) is 0 Å². The Bertz CT molecular complexity index is 1060. The molecule has 7 nitrogen and oxygen atoms in total. The van der Waals surface area contributed by atoms with Gasteiger partial charge in [0, 0.05) is 11.3 Å². The average molecular weight is 419 g/mol. The lowest BCUT2D eigenvalue weighted by atomic mass is 10.1. The number of phenolic OH excluding ortho intramolecular Hbond substituents is 1. The van der Waals surface area contributed by atoms with E-state index in [4.69, 9.17) is 34.2 Å². The summed E-state index contributed by atoms with van der Waals surface area (Å²) in [7, 11) is 0. The monoisotopic (exact) mass is 418 g/mol. The molecule has 3 N–H and O–H groups in total. The predicted molar refractivity (Wildman–Crippen MR) is 107 cm³/mol. The molecule has 0 saturated heterocycles. The maximum atomic E-state index is 10.2. The predicted octanol–water partition coefficient (Wildman–Crippen LogP) is 5.14. The van der Waals surface area contributed by atoms with E-state index in [1.807, 2.05) is 0 Å². The molecule has 28 heavy (non-hydrogen) atoms. The number of rotatable bonds is 5. The Morgan fingerprint density at radius 1 is 1.21 bits per heavy atom.